The molecular formula is C14H10BrF4NO. The number of nitrogens with one attached hydrogen (secondary N) is 1. The van der Waals surface area contributed by atoms with Crippen molar-refractivity contribution in [3.8, 4) is 5.75 Å². The van der Waals surface area contributed by atoms with Crippen LogP contribution in [0.1, 0.15) is 5.56 Å². The van der Waals surface area contributed by atoms with E-state index < -0.39 is 24.0 Å². The van der Waals surface area contributed by atoms with Crippen molar-refractivity contribution in [1.82, 2.24) is 0 Å². The maximum absolute atomic E-state index is 13.5. The summed E-state index contributed by atoms with van der Waals surface area (Å²) in [4.78, 5) is 0. The maximum atomic E-state index is 13.5. The van der Waals surface area contributed by atoms with Gasteiger partial charge in [-0.05, 0) is 45.8 Å². The molecule has 0 radical (unpaired) electrons. The Kier molecular flexibility index (Phi) is 5.06. The molecule has 0 saturated carbocycles. The molecule has 0 aliphatic rings. The summed E-state index contributed by atoms with van der Waals surface area (Å²) in [5, 5.41) is 2.86. The summed E-state index contributed by atoms with van der Waals surface area (Å²) in [6.45, 7) is -2.82. The molecule has 0 amide bonds. The Bertz CT molecular complexity index is 636. The van der Waals surface area contributed by atoms with E-state index in [1.165, 1.54) is 12.1 Å². The second kappa shape index (κ2) is 6.80. The van der Waals surface area contributed by atoms with Gasteiger partial charge >= 0.3 is 6.61 Å². The van der Waals surface area contributed by atoms with Crippen LogP contribution in [-0.4, -0.2) is 6.61 Å². The lowest BCUT2D eigenvalue weighted by molar-refractivity contribution is -0.0521. The average molecular weight is 364 g/mol. The van der Waals surface area contributed by atoms with E-state index >= 15 is 0 Å². The highest BCUT2D eigenvalue weighted by Crippen LogP contribution is 2.23. The zero-order valence-electron chi connectivity index (χ0n) is 10.5. The van der Waals surface area contributed by atoms with Gasteiger partial charge in [-0.15, -0.1) is 0 Å². The fourth-order valence-corrected chi connectivity index (χ4v) is 1.90. The zero-order chi connectivity index (χ0) is 15.4. The zero-order valence-corrected chi connectivity index (χ0v) is 12.1. The third-order valence-corrected chi connectivity index (χ3v) is 3.27. The number of alkyl halides is 2. The molecule has 0 aliphatic carbocycles. The van der Waals surface area contributed by atoms with E-state index in [-0.39, 0.29) is 6.54 Å². The number of anilines is 1. The van der Waals surface area contributed by atoms with Crippen molar-refractivity contribution < 1.29 is 22.3 Å². The third-order valence-electron chi connectivity index (χ3n) is 2.63. The van der Waals surface area contributed by atoms with E-state index in [0.29, 0.717) is 15.7 Å². The molecule has 0 fully saturated rings. The Hall–Kier alpha value is -1.76. The normalized spacial score (nSPS) is 10.8. The fourth-order valence-electron chi connectivity index (χ4n) is 1.66. The molecule has 0 unspecified atom stereocenters. The first-order chi connectivity index (χ1) is 9.95. The Morgan fingerprint density at radius 3 is 2.43 bits per heavy atom. The van der Waals surface area contributed by atoms with E-state index in [0.717, 1.165) is 12.1 Å². The van der Waals surface area contributed by atoms with E-state index in [1.54, 1.807) is 12.1 Å². The maximum Gasteiger partial charge on any atom is 0.387 e. The van der Waals surface area contributed by atoms with E-state index in [1.807, 2.05) is 0 Å². The summed E-state index contributed by atoms with van der Waals surface area (Å²) in [5.74, 6) is -1.83. The molecule has 0 spiro atoms. The quantitative estimate of drug-likeness (QED) is 0.759. The molecule has 0 heterocycles. The van der Waals surface area contributed by atoms with E-state index in [2.05, 4.69) is 26.0 Å². The summed E-state index contributed by atoms with van der Waals surface area (Å²) >= 11 is 3.04. The Morgan fingerprint density at radius 2 is 1.81 bits per heavy atom. The molecule has 0 aliphatic heterocycles. The van der Waals surface area contributed by atoms with Gasteiger partial charge in [0.2, 0.25) is 0 Å². The molecule has 2 nitrogen and oxygen atoms in total. The first kappa shape index (κ1) is 15.6. The lowest BCUT2D eigenvalue weighted by Crippen LogP contribution is -2.05. The van der Waals surface area contributed by atoms with Gasteiger partial charge in [-0.1, -0.05) is 6.07 Å². The van der Waals surface area contributed by atoms with Crippen molar-refractivity contribution >= 4 is 21.6 Å². The third kappa shape index (κ3) is 4.35. The van der Waals surface area contributed by atoms with Gasteiger partial charge in [0.15, 0.2) is 11.6 Å². The SMILES string of the molecule is Fc1cc(CNc2ccc(OC(F)F)c(F)c2)ccc1Br. The average Bonchev–Trinajstić information content (AvgIpc) is 2.42. The molecule has 0 aromatic heterocycles. The fraction of sp³-hybridized carbons (Fsp3) is 0.143. The number of ether oxygens (including phenoxy) is 1. The van der Waals surface area contributed by atoms with Gasteiger partial charge in [0.25, 0.3) is 0 Å². The minimum Gasteiger partial charge on any atom is -0.432 e. The van der Waals surface area contributed by atoms with Gasteiger partial charge in [-0.3, -0.25) is 0 Å². The van der Waals surface area contributed by atoms with Crippen molar-refractivity contribution in [1.29, 1.82) is 0 Å². The van der Waals surface area contributed by atoms with Crippen LogP contribution in [0.15, 0.2) is 40.9 Å². The first-order valence-electron chi connectivity index (χ1n) is 5.88. The van der Waals surface area contributed by atoms with Gasteiger partial charge < -0.3 is 10.1 Å². The van der Waals surface area contributed by atoms with Crippen molar-refractivity contribution in [2.45, 2.75) is 13.2 Å². The number of rotatable bonds is 5. The molecule has 1 N–H and O–H groups in total. The number of hydrogen-bond acceptors (Lipinski definition) is 2. The van der Waals surface area contributed by atoms with E-state index in [9.17, 15) is 17.6 Å². The van der Waals surface area contributed by atoms with Gasteiger partial charge in [-0.25, -0.2) is 8.78 Å². The van der Waals surface area contributed by atoms with Crippen molar-refractivity contribution in [2.75, 3.05) is 5.32 Å². The predicted octanol–water partition coefficient (Wildman–Crippen LogP) is 4.94. The molecule has 2 aromatic carbocycles. The number of halogens is 5. The number of benzene rings is 2. The van der Waals surface area contributed by atoms with E-state index in [4.69, 9.17) is 0 Å². The van der Waals surface area contributed by atoms with Crippen molar-refractivity contribution in [2.24, 2.45) is 0 Å². The predicted molar refractivity (Wildman–Crippen MR) is 74.5 cm³/mol. The second-order valence-corrected chi connectivity index (χ2v) is 4.98. The first-order valence-corrected chi connectivity index (χ1v) is 6.67. The Morgan fingerprint density at radius 1 is 1.05 bits per heavy atom. The summed E-state index contributed by atoms with van der Waals surface area (Å²) in [6.07, 6.45) is 0. The smallest absolute Gasteiger partial charge is 0.387 e. The molecular weight excluding hydrogens is 354 g/mol. The van der Waals surface area contributed by atoms with Gasteiger partial charge in [-0.2, -0.15) is 8.78 Å². The lowest BCUT2D eigenvalue weighted by Gasteiger charge is -2.10. The Balaban J connectivity index is 2.03. The molecule has 0 atom stereocenters. The second-order valence-electron chi connectivity index (χ2n) is 4.13. The molecule has 7 heteroatoms. The Labute approximate surface area is 126 Å². The summed E-state index contributed by atoms with van der Waals surface area (Å²) < 4.78 is 55.2. The molecule has 2 aromatic rings. The van der Waals surface area contributed by atoms with Crippen LogP contribution in [0.2, 0.25) is 0 Å². The van der Waals surface area contributed by atoms with Crippen LogP contribution in [-0.2, 0) is 6.54 Å². The molecule has 112 valence electrons. The van der Waals surface area contributed by atoms with Crippen LogP contribution in [0.25, 0.3) is 0 Å². The summed E-state index contributed by atoms with van der Waals surface area (Å²) in [6, 6.07) is 8.13. The molecule has 21 heavy (non-hydrogen) atoms. The summed E-state index contributed by atoms with van der Waals surface area (Å²) in [7, 11) is 0. The summed E-state index contributed by atoms with van der Waals surface area (Å²) in [5.41, 5.74) is 1.03. The number of hydrogen-bond donors (Lipinski definition) is 1. The molecule has 2 rings (SSSR count). The highest BCUT2D eigenvalue weighted by atomic mass is 79.9. The highest BCUT2D eigenvalue weighted by molar-refractivity contribution is 9.10. The largest absolute Gasteiger partial charge is 0.432 e. The van der Waals surface area contributed by atoms with Crippen LogP contribution < -0.4 is 10.1 Å². The monoisotopic (exact) mass is 363 g/mol. The standard InChI is InChI=1S/C14H10BrF4NO/c15-10-3-1-8(5-11(10)16)7-20-9-2-4-13(12(17)6-9)21-14(18)19/h1-6,14,20H,7H2. The van der Waals surface area contributed by atoms with Crippen molar-refractivity contribution in [3.63, 3.8) is 0 Å². The topological polar surface area (TPSA) is 21.3 Å². The van der Waals surface area contributed by atoms with Gasteiger partial charge in [0, 0.05) is 18.3 Å². The molecule has 0 saturated heterocycles. The van der Waals surface area contributed by atoms with Crippen LogP contribution in [0.3, 0.4) is 0 Å². The van der Waals surface area contributed by atoms with Gasteiger partial charge in [0.05, 0.1) is 4.47 Å². The van der Waals surface area contributed by atoms with Crippen LogP contribution in [0.5, 0.6) is 5.75 Å². The van der Waals surface area contributed by atoms with Crippen molar-refractivity contribution in [3.05, 3.63) is 58.1 Å². The molecule has 0 bridgehead atoms. The minimum atomic E-state index is -3.08. The lowest BCUT2D eigenvalue weighted by atomic mass is 10.2. The minimum absolute atomic E-state index is 0.263. The van der Waals surface area contributed by atoms with Crippen LogP contribution >= 0.6 is 15.9 Å². The highest BCUT2D eigenvalue weighted by Gasteiger charge is 2.10. The van der Waals surface area contributed by atoms with Gasteiger partial charge in [0.1, 0.15) is 5.82 Å². The van der Waals surface area contributed by atoms with Crippen LogP contribution in [0.4, 0.5) is 23.2 Å². The van der Waals surface area contributed by atoms with Crippen LogP contribution in [0, 0.1) is 11.6 Å².